The Morgan fingerprint density at radius 3 is 2.56 bits per heavy atom. The summed E-state index contributed by atoms with van der Waals surface area (Å²) in [5.41, 5.74) is 0.795. The molecule has 0 heterocycles. The van der Waals surface area contributed by atoms with Crippen molar-refractivity contribution in [1.82, 2.24) is 5.32 Å². The summed E-state index contributed by atoms with van der Waals surface area (Å²) in [6, 6.07) is 7.03. The number of benzene rings is 1. The largest absolute Gasteiger partial charge is 0.482 e. The summed E-state index contributed by atoms with van der Waals surface area (Å²) in [5, 5.41) is 20.0. The number of carboxylic acids is 2. The molecule has 3 N–H and O–H groups in total. The van der Waals surface area contributed by atoms with Crippen LogP contribution in [-0.2, 0) is 16.1 Å². The van der Waals surface area contributed by atoms with Gasteiger partial charge in [-0.2, -0.15) is 0 Å². The molecule has 0 aliphatic carbocycles. The van der Waals surface area contributed by atoms with E-state index in [2.05, 4.69) is 5.32 Å². The van der Waals surface area contributed by atoms with Crippen molar-refractivity contribution in [2.45, 2.75) is 13.0 Å². The standard InChI is InChI=1S/C12H15NO5/c14-11(15)5-6-13-7-9-3-1-2-4-10(9)18-8-12(16)17/h1-4,13H,5-8H2,(H,14,15)(H,16,17). The minimum atomic E-state index is -1.04. The second kappa shape index (κ2) is 7.29. The molecule has 0 amide bonds. The topological polar surface area (TPSA) is 95.9 Å². The van der Waals surface area contributed by atoms with Gasteiger partial charge in [0.2, 0.25) is 0 Å². The maximum Gasteiger partial charge on any atom is 0.341 e. The lowest BCUT2D eigenvalue weighted by atomic mass is 10.2. The molecule has 18 heavy (non-hydrogen) atoms. The molecule has 0 radical (unpaired) electrons. The molecule has 98 valence electrons. The summed E-state index contributed by atoms with van der Waals surface area (Å²) in [6.45, 7) is 0.387. The molecule has 0 unspecified atom stereocenters. The Hall–Kier alpha value is -2.08. The lowest BCUT2D eigenvalue weighted by molar-refractivity contribution is -0.139. The number of carboxylic acid groups (broad SMARTS) is 2. The molecule has 0 saturated carbocycles. The van der Waals surface area contributed by atoms with Gasteiger partial charge in [0.25, 0.3) is 0 Å². The highest BCUT2D eigenvalue weighted by Crippen LogP contribution is 2.17. The predicted molar refractivity (Wildman–Crippen MR) is 63.5 cm³/mol. The van der Waals surface area contributed by atoms with Crippen LogP contribution in [-0.4, -0.2) is 35.3 Å². The number of carbonyl (C=O) groups is 2. The monoisotopic (exact) mass is 253 g/mol. The maximum absolute atomic E-state index is 10.4. The van der Waals surface area contributed by atoms with Crippen molar-refractivity contribution in [2.24, 2.45) is 0 Å². The van der Waals surface area contributed by atoms with E-state index in [4.69, 9.17) is 14.9 Å². The quantitative estimate of drug-likeness (QED) is 0.591. The van der Waals surface area contributed by atoms with Crippen LogP contribution in [0.1, 0.15) is 12.0 Å². The molecule has 0 fully saturated rings. The highest BCUT2D eigenvalue weighted by molar-refractivity contribution is 5.68. The summed E-state index contributed by atoms with van der Waals surface area (Å²) < 4.78 is 5.12. The van der Waals surface area contributed by atoms with Crippen LogP contribution >= 0.6 is 0 Å². The Balaban J connectivity index is 2.48. The van der Waals surface area contributed by atoms with E-state index in [-0.39, 0.29) is 6.42 Å². The second-order valence-corrected chi connectivity index (χ2v) is 3.61. The average molecular weight is 253 g/mol. The molecule has 1 aromatic rings. The molecular weight excluding hydrogens is 238 g/mol. The van der Waals surface area contributed by atoms with Crippen LogP contribution in [0.5, 0.6) is 5.75 Å². The van der Waals surface area contributed by atoms with Crippen LogP contribution in [0.2, 0.25) is 0 Å². The van der Waals surface area contributed by atoms with Gasteiger partial charge in [-0.05, 0) is 6.07 Å². The highest BCUT2D eigenvalue weighted by atomic mass is 16.5. The van der Waals surface area contributed by atoms with E-state index < -0.39 is 18.5 Å². The van der Waals surface area contributed by atoms with Gasteiger partial charge in [-0.3, -0.25) is 4.79 Å². The lowest BCUT2D eigenvalue weighted by Gasteiger charge is -2.10. The minimum Gasteiger partial charge on any atom is -0.482 e. The molecule has 0 aliphatic rings. The number of rotatable bonds is 8. The Bertz CT molecular complexity index is 419. The van der Waals surface area contributed by atoms with E-state index in [1.807, 2.05) is 6.07 Å². The Morgan fingerprint density at radius 2 is 1.89 bits per heavy atom. The van der Waals surface area contributed by atoms with Gasteiger partial charge in [0.15, 0.2) is 6.61 Å². The van der Waals surface area contributed by atoms with Crippen molar-refractivity contribution in [3.05, 3.63) is 29.8 Å². The highest BCUT2D eigenvalue weighted by Gasteiger charge is 2.05. The number of hydrogen-bond donors (Lipinski definition) is 3. The van der Waals surface area contributed by atoms with Gasteiger partial charge in [0, 0.05) is 18.7 Å². The fraction of sp³-hybridized carbons (Fsp3) is 0.333. The summed E-state index contributed by atoms with van der Waals surface area (Å²) in [7, 11) is 0. The number of aliphatic carboxylic acids is 2. The van der Waals surface area contributed by atoms with Crippen LogP contribution in [0.25, 0.3) is 0 Å². The molecule has 0 saturated heterocycles. The van der Waals surface area contributed by atoms with E-state index >= 15 is 0 Å². The molecule has 0 aromatic heterocycles. The van der Waals surface area contributed by atoms with Crippen molar-refractivity contribution in [3.8, 4) is 5.75 Å². The van der Waals surface area contributed by atoms with Crippen LogP contribution in [0.4, 0.5) is 0 Å². The van der Waals surface area contributed by atoms with Crippen molar-refractivity contribution >= 4 is 11.9 Å². The van der Waals surface area contributed by atoms with Crippen LogP contribution < -0.4 is 10.1 Å². The van der Waals surface area contributed by atoms with Gasteiger partial charge >= 0.3 is 11.9 Å². The summed E-state index contributed by atoms with van der Waals surface area (Å²) in [6.07, 6.45) is 0.0398. The number of para-hydroxylation sites is 1. The first-order chi connectivity index (χ1) is 8.59. The zero-order chi connectivity index (χ0) is 13.4. The molecule has 1 rings (SSSR count). The fourth-order valence-electron chi connectivity index (χ4n) is 1.35. The van der Waals surface area contributed by atoms with Crippen molar-refractivity contribution < 1.29 is 24.5 Å². The van der Waals surface area contributed by atoms with E-state index in [1.165, 1.54) is 0 Å². The van der Waals surface area contributed by atoms with Crippen molar-refractivity contribution in [1.29, 1.82) is 0 Å². The second-order valence-electron chi connectivity index (χ2n) is 3.61. The van der Waals surface area contributed by atoms with Crippen LogP contribution in [0.3, 0.4) is 0 Å². The normalized spacial score (nSPS) is 10.0. The third kappa shape index (κ3) is 5.31. The zero-order valence-electron chi connectivity index (χ0n) is 9.76. The lowest BCUT2D eigenvalue weighted by Crippen LogP contribution is -2.18. The Morgan fingerprint density at radius 1 is 1.17 bits per heavy atom. The smallest absolute Gasteiger partial charge is 0.341 e. The predicted octanol–water partition coefficient (Wildman–Crippen LogP) is 0.714. The van der Waals surface area contributed by atoms with Gasteiger partial charge in [-0.1, -0.05) is 18.2 Å². The maximum atomic E-state index is 10.4. The Labute approximate surface area is 104 Å². The Kier molecular flexibility index (Phi) is 5.66. The van der Waals surface area contributed by atoms with Crippen molar-refractivity contribution in [2.75, 3.05) is 13.2 Å². The minimum absolute atomic E-state index is 0.0398. The molecule has 6 heteroatoms. The van der Waals surface area contributed by atoms with Gasteiger partial charge < -0.3 is 20.3 Å². The van der Waals surface area contributed by atoms with E-state index in [9.17, 15) is 9.59 Å². The third-order valence-corrected chi connectivity index (χ3v) is 2.15. The van der Waals surface area contributed by atoms with E-state index in [1.54, 1.807) is 18.2 Å². The number of nitrogens with one attached hydrogen (secondary N) is 1. The molecule has 1 aromatic carbocycles. The van der Waals surface area contributed by atoms with Crippen LogP contribution in [0.15, 0.2) is 24.3 Å². The van der Waals surface area contributed by atoms with Crippen molar-refractivity contribution in [3.63, 3.8) is 0 Å². The first-order valence-electron chi connectivity index (χ1n) is 5.44. The third-order valence-electron chi connectivity index (χ3n) is 2.15. The molecular formula is C12H15NO5. The fourth-order valence-corrected chi connectivity index (χ4v) is 1.35. The molecule has 0 aliphatic heterocycles. The number of hydrogen-bond acceptors (Lipinski definition) is 4. The summed E-state index contributed by atoms with van der Waals surface area (Å²) >= 11 is 0. The molecule has 0 atom stereocenters. The summed E-state index contributed by atoms with van der Waals surface area (Å²) in [5.74, 6) is -1.41. The van der Waals surface area contributed by atoms with E-state index in [0.29, 0.717) is 18.8 Å². The average Bonchev–Trinajstić information content (AvgIpc) is 2.33. The van der Waals surface area contributed by atoms with Crippen LogP contribution in [0, 0.1) is 0 Å². The van der Waals surface area contributed by atoms with E-state index in [0.717, 1.165) is 5.56 Å². The first-order valence-corrected chi connectivity index (χ1v) is 5.44. The number of ether oxygens (including phenoxy) is 1. The molecule has 6 nitrogen and oxygen atoms in total. The SMILES string of the molecule is O=C(O)CCNCc1ccccc1OCC(=O)O. The summed E-state index contributed by atoms with van der Waals surface area (Å²) in [4.78, 5) is 20.7. The first kappa shape index (κ1) is 14.0. The van der Waals surface area contributed by atoms with Gasteiger partial charge in [-0.25, -0.2) is 4.79 Å². The molecule has 0 bridgehead atoms. The zero-order valence-corrected chi connectivity index (χ0v) is 9.76. The molecule has 0 spiro atoms. The van der Waals surface area contributed by atoms with Gasteiger partial charge in [-0.15, -0.1) is 0 Å². The van der Waals surface area contributed by atoms with Gasteiger partial charge in [0.05, 0.1) is 6.42 Å². The van der Waals surface area contributed by atoms with Gasteiger partial charge in [0.1, 0.15) is 5.75 Å².